The van der Waals surface area contributed by atoms with Crippen molar-refractivity contribution in [2.75, 3.05) is 37.6 Å². The Morgan fingerprint density at radius 3 is 2.28 bits per heavy atom. The minimum absolute atomic E-state index is 0.0282. The van der Waals surface area contributed by atoms with E-state index in [0.29, 0.717) is 24.1 Å². The largest absolute Gasteiger partial charge is 0.489 e. The van der Waals surface area contributed by atoms with Crippen molar-refractivity contribution in [3.8, 4) is 11.8 Å². The number of nitrogens with one attached hydrogen (secondary N) is 2. The Kier molecular flexibility index (Phi) is 12.0. The third-order valence-electron chi connectivity index (χ3n) is 12.9. The first-order valence-electron chi connectivity index (χ1n) is 20.9. The summed E-state index contributed by atoms with van der Waals surface area (Å²) in [5, 5.41) is 14.7. The second-order valence-electron chi connectivity index (χ2n) is 17.8. The number of ether oxygens (including phenoxy) is 1. The molecular formula is C46H53F3N6O5. The van der Waals surface area contributed by atoms with Crippen molar-refractivity contribution in [1.29, 1.82) is 5.26 Å². The third kappa shape index (κ3) is 8.73. The monoisotopic (exact) mass is 826 g/mol. The Balaban J connectivity index is 0.800. The Morgan fingerprint density at radius 2 is 1.62 bits per heavy atom. The number of nitriles is 1. The molecule has 0 radical (unpaired) electrons. The summed E-state index contributed by atoms with van der Waals surface area (Å²) in [5.41, 5.74) is 1.68. The lowest BCUT2D eigenvalue weighted by Gasteiger charge is -2.63. The molecule has 3 aromatic carbocycles. The van der Waals surface area contributed by atoms with E-state index < -0.39 is 46.2 Å². The molecule has 4 amide bonds. The fraction of sp³-hybridized carbons (Fsp3) is 0.500. The highest BCUT2D eigenvalue weighted by Crippen LogP contribution is 2.55. The molecule has 3 heterocycles. The number of piperazine rings is 1. The van der Waals surface area contributed by atoms with E-state index in [0.717, 1.165) is 88.2 Å². The number of piperidine rings is 1. The van der Waals surface area contributed by atoms with Crippen LogP contribution < -0.4 is 20.3 Å². The SMILES string of the molecule is CC1(C)[C@H](NC(=O)c2ccc(CCCCCCN3CCN(c4ccc5c(c4)CN([C@H]4CCC(=O)NC4=O)C5=O)CC3)cc2)C(C)(C)[C@H]1Oc1ccc(C#N)c(C(F)(F)F)c1. The van der Waals surface area contributed by atoms with Gasteiger partial charge in [-0.25, -0.2) is 0 Å². The number of unbranched alkanes of at least 4 members (excludes halogenated alkanes) is 3. The van der Waals surface area contributed by atoms with Crippen LogP contribution >= 0.6 is 0 Å². The number of imide groups is 1. The number of benzene rings is 3. The highest BCUT2D eigenvalue weighted by atomic mass is 19.4. The summed E-state index contributed by atoms with van der Waals surface area (Å²) in [5.74, 6) is -1.03. The van der Waals surface area contributed by atoms with Crippen LogP contribution in [0, 0.1) is 22.2 Å². The highest BCUT2D eigenvalue weighted by molar-refractivity contribution is 6.05. The van der Waals surface area contributed by atoms with Crippen molar-refractivity contribution in [1.82, 2.24) is 20.4 Å². The van der Waals surface area contributed by atoms with Gasteiger partial charge in [-0.2, -0.15) is 18.4 Å². The number of hydrogen-bond acceptors (Lipinski definition) is 8. The molecule has 0 unspecified atom stereocenters. The quantitative estimate of drug-likeness (QED) is 0.141. The van der Waals surface area contributed by atoms with E-state index in [1.807, 2.05) is 64.1 Å². The van der Waals surface area contributed by atoms with E-state index in [4.69, 9.17) is 10.00 Å². The maximum atomic E-state index is 13.6. The number of aryl methyl sites for hydroxylation is 1. The number of nitrogens with zero attached hydrogens (tertiary/aromatic N) is 4. The number of carbonyl (C=O) groups is 4. The number of rotatable bonds is 13. The van der Waals surface area contributed by atoms with Gasteiger partial charge >= 0.3 is 6.18 Å². The molecule has 2 N–H and O–H groups in total. The maximum absolute atomic E-state index is 13.6. The third-order valence-corrected chi connectivity index (χ3v) is 12.9. The van der Waals surface area contributed by atoms with E-state index in [-0.39, 0.29) is 35.9 Å². The van der Waals surface area contributed by atoms with Crippen LogP contribution in [-0.4, -0.2) is 84.3 Å². The molecule has 3 fully saturated rings. The predicted molar refractivity (Wildman–Crippen MR) is 219 cm³/mol. The average Bonchev–Trinajstić information content (AvgIpc) is 3.54. The van der Waals surface area contributed by atoms with Gasteiger partial charge in [-0.3, -0.25) is 29.4 Å². The molecule has 1 atom stereocenters. The Hall–Kier alpha value is -5.42. The summed E-state index contributed by atoms with van der Waals surface area (Å²) in [6.45, 7) is 12.9. The number of halogens is 3. The van der Waals surface area contributed by atoms with Gasteiger partial charge in [0.1, 0.15) is 17.9 Å². The summed E-state index contributed by atoms with van der Waals surface area (Å²) in [7, 11) is 0. The van der Waals surface area contributed by atoms with Crippen LogP contribution in [0.15, 0.2) is 60.7 Å². The van der Waals surface area contributed by atoms with Gasteiger partial charge in [-0.1, -0.05) is 52.7 Å². The summed E-state index contributed by atoms with van der Waals surface area (Å²) in [6, 6.07) is 17.7. The molecule has 2 saturated heterocycles. The number of alkyl halides is 3. The van der Waals surface area contributed by atoms with Gasteiger partial charge in [0.15, 0.2) is 0 Å². The number of hydrogen-bond donors (Lipinski definition) is 2. The second-order valence-corrected chi connectivity index (χ2v) is 17.8. The summed E-state index contributed by atoms with van der Waals surface area (Å²) < 4.78 is 46.8. The van der Waals surface area contributed by atoms with E-state index in [9.17, 15) is 32.3 Å². The molecule has 60 heavy (non-hydrogen) atoms. The zero-order valence-electron chi connectivity index (χ0n) is 34.7. The smallest absolute Gasteiger partial charge is 0.417 e. The molecular weight excluding hydrogens is 774 g/mol. The molecule has 0 bridgehead atoms. The van der Waals surface area contributed by atoms with Gasteiger partial charge in [-0.15, -0.1) is 0 Å². The lowest BCUT2D eigenvalue weighted by molar-refractivity contribution is -0.164. The fourth-order valence-electron chi connectivity index (χ4n) is 9.91. The summed E-state index contributed by atoms with van der Waals surface area (Å²) in [6.07, 6.45) is 0.759. The zero-order valence-corrected chi connectivity index (χ0v) is 34.7. The number of carbonyl (C=O) groups excluding carboxylic acids is 4. The molecule has 14 heteroatoms. The lowest BCUT2D eigenvalue weighted by atomic mass is 9.49. The van der Waals surface area contributed by atoms with Crippen molar-refractivity contribution >= 4 is 29.3 Å². The second kappa shape index (κ2) is 16.9. The van der Waals surface area contributed by atoms with Crippen LogP contribution in [0.25, 0.3) is 0 Å². The van der Waals surface area contributed by atoms with E-state index in [2.05, 4.69) is 26.5 Å². The number of anilines is 1. The van der Waals surface area contributed by atoms with Crippen LogP contribution in [0.1, 0.15) is 109 Å². The minimum atomic E-state index is -4.69. The van der Waals surface area contributed by atoms with Crippen molar-refractivity contribution in [3.63, 3.8) is 0 Å². The van der Waals surface area contributed by atoms with Gasteiger partial charge in [0, 0.05) is 72.8 Å². The average molecular weight is 827 g/mol. The van der Waals surface area contributed by atoms with E-state index in [1.165, 1.54) is 11.6 Å². The van der Waals surface area contributed by atoms with Crippen molar-refractivity contribution in [2.24, 2.45) is 10.8 Å². The van der Waals surface area contributed by atoms with Gasteiger partial charge < -0.3 is 19.9 Å². The molecule has 7 rings (SSSR count). The Bertz CT molecular complexity index is 2160. The first kappa shape index (κ1) is 42.7. The Morgan fingerprint density at radius 1 is 0.917 bits per heavy atom. The molecule has 11 nitrogen and oxygen atoms in total. The number of fused-ring (bicyclic) bond motifs is 1. The minimum Gasteiger partial charge on any atom is -0.489 e. The molecule has 1 saturated carbocycles. The molecule has 1 aliphatic carbocycles. The molecule has 318 valence electrons. The molecule has 0 spiro atoms. The normalized spacial score (nSPS) is 22.4. The molecule has 4 aliphatic rings. The first-order valence-corrected chi connectivity index (χ1v) is 20.9. The van der Waals surface area contributed by atoms with Crippen LogP contribution in [0.3, 0.4) is 0 Å². The standard InChI is InChI=1S/C46H53F3N6O5/c1-44(2)42(45(3,4)43(44)60-34-16-14-31(27-50)36(26-34)46(47,48)49)52-39(57)30-12-10-29(11-13-30)9-7-5-6-8-20-53-21-23-54(24-22-53)33-15-17-35-32(25-33)28-55(41(35)59)37-18-19-38(56)51-40(37)58/h10-17,25-26,37,42-43H,5-9,18-24,28H2,1-4H3,(H,52,57)(H,51,56,58)/t37-,42-,43-/m0/s1. The molecule has 0 aromatic heterocycles. The van der Waals surface area contributed by atoms with Gasteiger partial charge in [0.25, 0.3) is 11.8 Å². The zero-order chi connectivity index (χ0) is 43.0. The lowest BCUT2D eigenvalue weighted by Crippen LogP contribution is -2.74. The van der Waals surface area contributed by atoms with Gasteiger partial charge in [-0.05, 0) is 91.9 Å². The Labute approximate surface area is 349 Å². The topological polar surface area (TPSA) is 135 Å². The molecule has 3 aromatic rings. The van der Waals surface area contributed by atoms with Gasteiger partial charge in [0.2, 0.25) is 11.8 Å². The van der Waals surface area contributed by atoms with Crippen molar-refractivity contribution in [3.05, 3.63) is 94.0 Å². The van der Waals surface area contributed by atoms with Crippen LogP contribution in [-0.2, 0) is 28.7 Å². The summed E-state index contributed by atoms with van der Waals surface area (Å²) in [4.78, 5) is 56.9. The summed E-state index contributed by atoms with van der Waals surface area (Å²) >= 11 is 0. The van der Waals surface area contributed by atoms with Gasteiger partial charge in [0.05, 0.1) is 17.2 Å². The van der Waals surface area contributed by atoms with E-state index >= 15 is 0 Å². The maximum Gasteiger partial charge on any atom is 0.417 e. The van der Waals surface area contributed by atoms with Crippen LogP contribution in [0.5, 0.6) is 5.75 Å². The first-order chi connectivity index (χ1) is 28.5. The highest BCUT2D eigenvalue weighted by Gasteiger charge is 2.64. The van der Waals surface area contributed by atoms with Crippen LogP contribution in [0.4, 0.5) is 18.9 Å². The molecule has 3 aliphatic heterocycles. The number of amides is 4. The van der Waals surface area contributed by atoms with Crippen molar-refractivity contribution < 1.29 is 37.1 Å². The predicted octanol–water partition coefficient (Wildman–Crippen LogP) is 6.88. The van der Waals surface area contributed by atoms with Crippen molar-refractivity contribution in [2.45, 2.75) is 104 Å². The van der Waals surface area contributed by atoms with E-state index in [1.54, 1.807) is 11.0 Å². The fourth-order valence-corrected chi connectivity index (χ4v) is 9.91. The van der Waals surface area contributed by atoms with Crippen LogP contribution in [0.2, 0.25) is 0 Å².